The van der Waals surface area contributed by atoms with Crippen molar-refractivity contribution >= 4 is 18.3 Å². The number of rotatable bonds is 3. The highest BCUT2D eigenvalue weighted by molar-refractivity contribution is 5.86. The molecule has 2 aliphatic rings. The van der Waals surface area contributed by atoms with Gasteiger partial charge in [-0.25, -0.2) is 0 Å². The van der Waals surface area contributed by atoms with Gasteiger partial charge < -0.3 is 11.1 Å². The van der Waals surface area contributed by atoms with Crippen molar-refractivity contribution < 1.29 is 4.79 Å². The molecule has 2 aliphatic carbocycles. The summed E-state index contributed by atoms with van der Waals surface area (Å²) in [4.78, 5) is 12.1. The van der Waals surface area contributed by atoms with Crippen LogP contribution in [0.2, 0.25) is 0 Å². The number of amides is 1. The summed E-state index contributed by atoms with van der Waals surface area (Å²) in [5.41, 5.74) is 5.57. The van der Waals surface area contributed by atoms with Crippen LogP contribution in [0.25, 0.3) is 0 Å². The second-order valence-electron chi connectivity index (χ2n) is 5.67. The fraction of sp³-hybridized carbons (Fsp3) is 0.923. The normalized spacial score (nSPS) is 25.3. The Bertz CT molecular complexity index is 258. The van der Waals surface area contributed by atoms with Crippen LogP contribution in [0.4, 0.5) is 0 Å². The molecule has 3 N–H and O–H groups in total. The Morgan fingerprint density at radius 1 is 1.24 bits per heavy atom. The third-order valence-corrected chi connectivity index (χ3v) is 4.41. The molecule has 100 valence electrons. The van der Waals surface area contributed by atoms with E-state index in [9.17, 15) is 4.79 Å². The molecule has 0 bridgehead atoms. The molecule has 0 spiro atoms. The SMILES string of the molecule is CC(NC(=O)C1(N)CCCC1)C1CCCC1.Cl. The first kappa shape index (κ1) is 14.8. The molecule has 1 unspecified atom stereocenters. The lowest BCUT2D eigenvalue weighted by atomic mass is 9.95. The third kappa shape index (κ3) is 3.35. The van der Waals surface area contributed by atoms with Gasteiger partial charge in [-0.2, -0.15) is 0 Å². The first-order valence-electron chi connectivity index (χ1n) is 6.72. The largest absolute Gasteiger partial charge is 0.352 e. The molecule has 0 aromatic heterocycles. The van der Waals surface area contributed by atoms with Crippen molar-refractivity contribution in [3.63, 3.8) is 0 Å². The van der Waals surface area contributed by atoms with E-state index in [0.717, 1.165) is 25.7 Å². The molecular weight excluding hydrogens is 236 g/mol. The molecule has 0 aliphatic heterocycles. The predicted octanol–water partition coefficient (Wildman–Crippen LogP) is 2.37. The number of hydrogen-bond acceptors (Lipinski definition) is 2. The van der Waals surface area contributed by atoms with Crippen LogP contribution in [-0.2, 0) is 4.79 Å². The van der Waals surface area contributed by atoms with Gasteiger partial charge in [0.25, 0.3) is 0 Å². The zero-order chi connectivity index (χ0) is 11.6. The molecule has 0 saturated heterocycles. The van der Waals surface area contributed by atoms with Crippen molar-refractivity contribution in [1.29, 1.82) is 0 Å². The highest BCUT2D eigenvalue weighted by Crippen LogP contribution is 2.30. The van der Waals surface area contributed by atoms with E-state index in [-0.39, 0.29) is 18.3 Å². The van der Waals surface area contributed by atoms with E-state index in [1.807, 2.05) is 0 Å². The van der Waals surface area contributed by atoms with Gasteiger partial charge >= 0.3 is 0 Å². The van der Waals surface area contributed by atoms with Crippen LogP contribution < -0.4 is 11.1 Å². The molecule has 2 rings (SSSR count). The van der Waals surface area contributed by atoms with Crippen LogP contribution in [0.5, 0.6) is 0 Å². The van der Waals surface area contributed by atoms with E-state index in [2.05, 4.69) is 12.2 Å². The fourth-order valence-corrected chi connectivity index (χ4v) is 3.16. The fourth-order valence-electron chi connectivity index (χ4n) is 3.16. The summed E-state index contributed by atoms with van der Waals surface area (Å²) >= 11 is 0. The topological polar surface area (TPSA) is 55.1 Å². The van der Waals surface area contributed by atoms with Gasteiger partial charge in [0.15, 0.2) is 0 Å². The van der Waals surface area contributed by atoms with Gasteiger partial charge in [0, 0.05) is 6.04 Å². The Hall–Kier alpha value is -0.280. The number of halogens is 1. The molecule has 2 saturated carbocycles. The van der Waals surface area contributed by atoms with Gasteiger partial charge in [0.1, 0.15) is 0 Å². The van der Waals surface area contributed by atoms with Crippen molar-refractivity contribution in [2.75, 3.05) is 0 Å². The van der Waals surface area contributed by atoms with Crippen LogP contribution >= 0.6 is 12.4 Å². The quantitative estimate of drug-likeness (QED) is 0.819. The van der Waals surface area contributed by atoms with Crippen molar-refractivity contribution in [2.45, 2.75) is 69.9 Å². The van der Waals surface area contributed by atoms with Gasteiger partial charge in [0.05, 0.1) is 5.54 Å². The molecule has 4 heteroatoms. The lowest BCUT2D eigenvalue weighted by molar-refractivity contribution is -0.127. The van der Waals surface area contributed by atoms with E-state index < -0.39 is 5.54 Å². The van der Waals surface area contributed by atoms with Crippen molar-refractivity contribution in [2.24, 2.45) is 11.7 Å². The van der Waals surface area contributed by atoms with Crippen LogP contribution in [0.3, 0.4) is 0 Å². The van der Waals surface area contributed by atoms with Gasteiger partial charge in [-0.1, -0.05) is 25.7 Å². The maximum atomic E-state index is 12.1. The van der Waals surface area contributed by atoms with Gasteiger partial charge in [-0.15, -0.1) is 12.4 Å². The van der Waals surface area contributed by atoms with Gasteiger partial charge in [0.2, 0.25) is 5.91 Å². The molecule has 0 radical (unpaired) electrons. The highest BCUT2D eigenvalue weighted by Gasteiger charge is 2.38. The third-order valence-electron chi connectivity index (χ3n) is 4.41. The van der Waals surface area contributed by atoms with E-state index in [1.165, 1.54) is 25.7 Å². The number of nitrogens with one attached hydrogen (secondary N) is 1. The maximum absolute atomic E-state index is 12.1. The van der Waals surface area contributed by atoms with Crippen LogP contribution in [-0.4, -0.2) is 17.5 Å². The van der Waals surface area contributed by atoms with Crippen LogP contribution in [0.15, 0.2) is 0 Å². The molecule has 1 atom stereocenters. The molecule has 3 nitrogen and oxygen atoms in total. The number of carbonyl (C=O) groups excluding carboxylic acids is 1. The molecule has 1 amide bonds. The van der Waals surface area contributed by atoms with Crippen molar-refractivity contribution in [1.82, 2.24) is 5.32 Å². The maximum Gasteiger partial charge on any atom is 0.240 e. The van der Waals surface area contributed by atoms with E-state index in [0.29, 0.717) is 12.0 Å². The molecule has 0 aromatic carbocycles. The summed E-state index contributed by atoms with van der Waals surface area (Å²) in [5.74, 6) is 0.762. The van der Waals surface area contributed by atoms with E-state index in [1.54, 1.807) is 0 Å². The molecule has 2 fully saturated rings. The lowest BCUT2D eigenvalue weighted by Crippen LogP contribution is -2.54. The first-order valence-corrected chi connectivity index (χ1v) is 6.72. The minimum atomic E-state index is -0.563. The standard InChI is InChI=1S/C13H24N2O.ClH/c1-10(11-6-2-3-7-11)15-12(16)13(14)8-4-5-9-13;/h10-11H,2-9,14H2,1H3,(H,15,16);1H. The monoisotopic (exact) mass is 260 g/mol. The zero-order valence-corrected chi connectivity index (χ0v) is 11.5. The summed E-state index contributed by atoms with van der Waals surface area (Å²) in [7, 11) is 0. The Labute approximate surface area is 110 Å². The van der Waals surface area contributed by atoms with Crippen molar-refractivity contribution in [3.05, 3.63) is 0 Å². The minimum Gasteiger partial charge on any atom is -0.352 e. The molecule has 0 heterocycles. The van der Waals surface area contributed by atoms with Gasteiger partial charge in [-0.05, 0) is 38.5 Å². The van der Waals surface area contributed by atoms with E-state index >= 15 is 0 Å². The molecule has 0 aromatic rings. The number of nitrogens with two attached hydrogens (primary N) is 1. The summed E-state index contributed by atoms with van der Waals surface area (Å²) in [6, 6.07) is 0.302. The Kier molecular flexibility index (Phi) is 5.26. The summed E-state index contributed by atoms with van der Waals surface area (Å²) in [6.07, 6.45) is 9.07. The average Bonchev–Trinajstić information content (AvgIpc) is 2.88. The Morgan fingerprint density at radius 3 is 2.29 bits per heavy atom. The number of hydrogen-bond donors (Lipinski definition) is 2. The van der Waals surface area contributed by atoms with E-state index in [4.69, 9.17) is 5.73 Å². The predicted molar refractivity (Wildman–Crippen MR) is 72.2 cm³/mol. The molecule has 17 heavy (non-hydrogen) atoms. The van der Waals surface area contributed by atoms with Crippen molar-refractivity contribution in [3.8, 4) is 0 Å². The zero-order valence-electron chi connectivity index (χ0n) is 10.7. The smallest absolute Gasteiger partial charge is 0.240 e. The summed E-state index contributed by atoms with van der Waals surface area (Å²) in [5, 5.41) is 3.14. The molecular formula is C13H25ClN2O. The van der Waals surface area contributed by atoms with Crippen LogP contribution in [0.1, 0.15) is 58.3 Å². The van der Waals surface area contributed by atoms with Gasteiger partial charge in [-0.3, -0.25) is 4.79 Å². The number of carbonyl (C=O) groups is 1. The lowest BCUT2D eigenvalue weighted by Gasteiger charge is -2.27. The second kappa shape index (κ2) is 6.05. The Morgan fingerprint density at radius 2 is 1.76 bits per heavy atom. The van der Waals surface area contributed by atoms with Crippen LogP contribution in [0, 0.1) is 5.92 Å². The first-order chi connectivity index (χ1) is 7.62. The second-order valence-corrected chi connectivity index (χ2v) is 5.67. The Balaban J connectivity index is 0.00000144. The summed E-state index contributed by atoms with van der Waals surface area (Å²) in [6.45, 7) is 2.13. The summed E-state index contributed by atoms with van der Waals surface area (Å²) < 4.78 is 0. The minimum absolute atomic E-state index is 0. The average molecular weight is 261 g/mol. The highest BCUT2D eigenvalue weighted by atomic mass is 35.5.